The third-order valence-corrected chi connectivity index (χ3v) is 7.50. The second-order valence-electron chi connectivity index (χ2n) is 7.44. The Labute approximate surface area is 220 Å². The molecular formula is C23H26N2O10S2. The third kappa shape index (κ3) is 6.71. The molecule has 0 saturated carbocycles. The monoisotopic (exact) mass is 554 g/mol. The van der Waals surface area contributed by atoms with Crippen molar-refractivity contribution in [2.75, 3.05) is 39.1 Å². The fraction of sp³-hybridized carbons (Fsp3) is 0.391. The Bertz CT molecular complexity index is 1150. The number of methoxy groups -OCH3 is 4. The van der Waals surface area contributed by atoms with E-state index in [1.807, 2.05) is 0 Å². The highest BCUT2D eigenvalue weighted by Crippen LogP contribution is 2.35. The van der Waals surface area contributed by atoms with Crippen LogP contribution in [0, 0.1) is 13.8 Å². The van der Waals surface area contributed by atoms with E-state index in [0.717, 1.165) is 22.7 Å². The minimum atomic E-state index is -0.724. The molecule has 0 atom stereocenters. The van der Waals surface area contributed by atoms with Crippen LogP contribution in [-0.4, -0.2) is 64.1 Å². The molecule has 2 aromatic heterocycles. The van der Waals surface area contributed by atoms with Gasteiger partial charge in [-0.3, -0.25) is 9.59 Å². The van der Waals surface area contributed by atoms with Crippen LogP contribution in [0.4, 0.5) is 10.0 Å². The van der Waals surface area contributed by atoms with E-state index in [-0.39, 0.29) is 50.1 Å². The summed E-state index contributed by atoms with van der Waals surface area (Å²) < 4.78 is 18.9. The molecule has 0 aliphatic heterocycles. The molecule has 2 N–H and O–H groups in total. The number of rotatable bonds is 10. The van der Waals surface area contributed by atoms with Crippen LogP contribution < -0.4 is 10.6 Å². The summed E-state index contributed by atoms with van der Waals surface area (Å²) >= 11 is 1.76. The van der Waals surface area contributed by atoms with Crippen LogP contribution >= 0.6 is 22.7 Å². The molecule has 37 heavy (non-hydrogen) atoms. The van der Waals surface area contributed by atoms with Crippen molar-refractivity contribution in [2.24, 2.45) is 0 Å². The lowest BCUT2D eigenvalue weighted by atomic mass is 10.1. The third-order valence-electron chi connectivity index (χ3n) is 5.13. The molecule has 2 rings (SSSR count). The van der Waals surface area contributed by atoms with Gasteiger partial charge in [0.05, 0.1) is 39.6 Å². The highest BCUT2D eigenvalue weighted by Gasteiger charge is 2.28. The van der Waals surface area contributed by atoms with Gasteiger partial charge in [0.15, 0.2) is 0 Å². The van der Waals surface area contributed by atoms with Crippen LogP contribution in [-0.2, 0) is 28.5 Å². The van der Waals surface area contributed by atoms with Crippen LogP contribution in [0.2, 0.25) is 0 Å². The zero-order valence-electron chi connectivity index (χ0n) is 21.0. The van der Waals surface area contributed by atoms with Gasteiger partial charge in [0.25, 0.3) is 0 Å². The van der Waals surface area contributed by atoms with Crippen molar-refractivity contribution in [2.45, 2.75) is 33.1 Å². The maximum Gasteiger partial charge on any atom is 0.348 e. The lowest BCUT2D eigenvalue weighted by Gasteiger charge is -2.07. The number of nitrogens with one attached hydrogen (secondary N) is 2. The molecule has 2 amide bonds. The number of thiophene rings is 2. The average molecular weight is 555 g/mol. The Morgan fingerprint density at radius 1 is 0.595 bits per heavy atom. The lowest BCUT2D eigenvalue weighted by Crippen LogP contribution is -2.16. The number of carbonyl (C=O) groups is 6. The van der Waals surface area contributed by atoms with Crippen LogP contribution in [0.3, 0.4) is 0 Å². The summed E-state index contributed by atoms with van der Waals surface area (Å²) in [6.07, 6.45) is -0.0419. The fourth-order valence-electron chi connectivity index (χ4n) is 3.26. The summed E-state index contributed by atoms with van der Waals surface area (Å²) in [5.41, 5.74) is 0.724. The average Bonchev–Trinajstić information content (AvgIpc) is 3.37. The number of anilines is 2. The van der Waals surface area contributed by atoms with E-state index in [2.05, 4.69) is 10.6 Å². The van der Waals surface area contributed by atoms with Crippen molar-refractivity contribution in [3.8, 4) is 0 Å². The number of esters is 4. The second kappa shape index (κ2) is 13.0. The van der Waals surface area contributed by atoms with Crippen molar-refractivity contribution in [3.63, 3.8) is 0 Å². The molecule has 0 saturated heterocycles. The van der Waals surface area contributed by atoms with E-state index in [4.69, 9.17) is 18.9 Å². The summed E-state index contributed by atoms with van der Waals surface area (Å²) in [6.45, 7) is 3.07. The van der Waals surface area contributed by atoms with E-state index in [1.165, 1.54) is 42.3 Å². The predicted molar refractivity (Wildman–Crippen MR) is 135 cm³/mol. The number of ether oxygens (including phenoxy) is 4. The van der Waals surface area contributed by atoms with Crippen LogP contribution in [0.5, 0.6) is 0 Å². The van der Waals surface area contributed by atoms with Gasteiger partial charge in [-0.15, -0.1) is 22.7 Å². The van der Waals surface area contributed by atoms with Crippen molar-refractivity contribution < 1.29 is 47.7 Å². The minimum absolute atomic E-state index is 0.0452. The summed E-state index contributed by atoms with van der Waals surface area (Å²) in [6, 6.07) is 0. The Morgan fingerprint density at radius 2 is 0.919 bits per heavy atom. The highest BCUT2D eigenvalue weighted by atomic mass is 32.1. The maximum atomic E-state index is 12.5. The van der Waals surface area contributed by atoms with Gasteiger partial charge in [-0.2, -0.15) is 0 Å². The molecule has 0 aliphatic rings. The Morgan fingerprint density at radius 3 is 1.22 bits per heavy atom. The standard InChI is InChI=1S/C23H26N2O10S2/c1-10-14(20(28)32-3)18(36-16(10)22(30)34-5)24-12(26)8-7-9-13(27)25-19-15(21(29)33-4)11(2)17(37-19)23(31)35-6/h7-9H2,1-6H3,(H,24,26)(H,25,27). The largest absolute Gasteiger partial charge is 0.465 e. The maximum absolute atomic E-state index is 12.5. The van der Waals surface area contributed by atoms with Crippen molar-refractivity contribution in [1.29, 1.82) is 0 Å². The van der Waals surface area contributed by atoms with Crippen molar-refractivity contribution in [1.82, 2.24) is 0 Å². The number of amides is 2. The molecule has 2 heterocycles. The smallest absolute Gasteiger partial charge is 0.348 e. The first-order chi connectivity index (χ1) is 17.5. The normalized spacial score (nSPS) is 10.3. The first kappa shape index (κ1) is 29.5. The first-order valence-electron chi connectivity index (χ1n) is 10.7. The van der Waals surface area contributed by atoms with Gasteiger partial charge in [-0.05, 0) is 31.4 Å². The number of carbonyl (C=O) groups excluding carboxylic acids is 6. The van der Waals surface area contributed by atoms with Crippen molar-refractivity contribution in [3.05, 3.63) is 32.0 Å². The zero-order valence-corrected chi connectivity index (χ0v) is 22.7. The van der Waals surface area contributed by atoms with Gasteiger partial charge in [-0.1, -0.05) is 0 Å². The number of hydrogen-bond acceptors (Lipinski definition) is 12. The van der Waals surface area contributed by atoms with Gasteiger partial charge < -0.3 is 29.6 Å². The van der Waals surface area contributed by atoms with Gasteiger partial charge in [0.2, 0.25) is 11.8 Å². The minimum Gasteiger partial charge on any atom is -0.465 e. The molecule has 12 nitrogen and oxygen atoms in total. The molecule has 0 unspecified atom stereocenters. The topological polar surface area (TPSA) is 163 Å². The van der Waals surface area contributed by atoms with E-state index >= 15 is 0 Å². The molecular weight excluding hydrogens is 528 g/mol. The van der Waals surface area contributed by atoms with Gasteiger partial charge in [0.1, 0.15) is 19.8 Å². The molecule has 0 radical (unpaired) electrons. The molecule has 200 valence electrons. The van der Waals surface area contributed by atoms with Crippen LogP contribution in [0.1, 0.15) is 70.4 Å². The molecule has 0 fully saturated rings. The van der Waals surface area contributed by atoms with E-state index in [0.29, 0.717) is 11.1 Å². The second-order valence-corrected chi connectivity index (χ2v) is 9.48. The van der Waals surface area contributed by atoms with Crippen LogP contribution in [0.15, 0.2) is 0 Å². The van der Waals surface area contributed by atoms with Crippen molar-refractivity contribution >= 4 is 68.4 Å². The van der Waals surface area contributed by atoms with E-state index in [1.54, 1.807) is 0 Å². The molecule has 0 aromatic carbocycles. The lowest BCUT2D eigenvalue weighted by molar-refractivity contribution is -0.117. The zero-order chi connectivity index (χ0) is 27.9. The molecule has 14 heteroatoms. The SMILES string of the molecule is COC(=O)c1sc(NC(=O)CCCC(=O)Nc2sc(C(=O)OC)c(C)c2C(=O)OC)c(C(=O)OC)c1C. The fourth-order valence-corrected chi connectivity index (χ4v) is 5.52. The van der Waals surface area contributed by atoms with Gasteiger partial charge in [-0.25, -0.2) is 19.2 Å². The van der Waals surface area contributed by atoms with E-state index < -0.39 is 35.7 Å². The summed E-state index contributed by atoms with van der Waals surface area (Å²) in [5, 5.41) is 5.42. The number of hydrogen-bond donors (Lipinski definition) is 2. The molecule has 2 aromatic rings. The Hall–Kier alpha value is -3.78. The van der Waals surface area contributed by atoms with E-state index in [9.17, 15) is 28.8 Å². The predicted octanol–water partition coefficient (Wildman–Crippen LogP) is 3.32. The van der Waals surface area contributed by atoms with Crippen LogP contribution in [0.25, 0.3) is 0 Å². The molecule has 0 bridgehead atoms. The Balaban J connectivity index is 2.07. The van der Waals surface area contributed by atoms with Gasteiger partial charge in [0, 0.05) is 12.8 Å². The Kier molecular flexibility index (Phi) is 10.3. The molecule has 0 spiro atoms. The highest BCUT2D eigenvalue weighted by molar-refractivity contribution is 7.19. The molecule has 0 aliphatic carbocycles. The summed E-state index contributed by atoms with van der Waals surface area (Å²) in [4.78, 5) is 73.6. The quantitative estimate of drug-likeness (QED) is 0.329. The van der Waals surface area contributed by atoms with Gasteiger partial charge >= 0.3 is 23.9 Å². The summed E-state index contributed by atoms with van der Waals surface area (Å²) in [7, 11) is 4.75. The summed E-state index contributed by atoms with van der Waals surface area (Å²) in [5.74, 6) is -3.75. The first-order valence-corrected chi connectivity index (χ1v) is 12.3.